The summed E-state index contributed by atoms with van der Waals surface area (Å²) in [5, 5.41) is 14.6. The predicted molar refractivity (Wildman–Crippen MR) is 105 cm³/mol. The second kappa shape index (κ2) is 9.80. The first-order chi connectivity index (χ1) is 12.5. The lowest BCUT2D eigenvalue weighted by Crippen LogP contribution is -2.40. The summed E-state index contributed by atoms with van der Waals surface area (Å²) < 4.78 is 14.9. The molecule has 0 aliphatic carbocycles. The number of halogens is 2. The smallest absolute Gasteiger partial charge is 0.273 e. The average molecular weight is 396 g/mol. The molecule has 1 fully saturated rings. The predicted octanol–water partition coefficient (Wildman–Crippen LogP) is 2.76. The topological polar surface area (TPSA) is 71.8 Å². The minimum absolute atomic E-state index is 0. The number of hydrogen-bond donors (Lipinski definition) is 2. The Morgan fingerprint density at radius 2 is 1.96 bits per heavy atom. The molecule has 6 nitrogen and oxygen atoms in total. The van der Waals surface area contributed by atoms with Crippen molar-refractivity contribution in [1.29, 1.82) is 0 Å². The van der Waals surface area contributed by atoms with E-state index in [0.717, 1.165) is 31.5 Å². The molecule has 1 saturated heterocycles. The molecule has 2 heterocycles. The van der Waals surface area contributed by atoms with Gasteiger partial charge in [0.2, 0.25) is 0 Å². The summed E-state index contributed by atoms with van der Waals surface area (Å²) >= 11 is 0. The first-order valence-corrected chi connectivity index (χ1v) is 9.21. The standard InChI is InChI=1S/C19H26FN5O.ClH/c1-13(2)17(11-14-3-5-15(20)6-4-14)22-19(26)18-12-25(24-23-18)16-7-9-21-10-8-16;/h3-6,12-13,16-17,21H,7-11H2,1-2H3,(H,22,26);1H. The van der Waals surface area contributed by atoms with Gasteiger partial charge in [0, 0.05) is 6.04 Å². The van der Waals surface area contributed by atoms with Gasteiger partial charge < -0.3 is 10.6 Å². The van der Waals surface area contributed by atoms with Gasteiger partial charge in [-0.1, -0.05) is 31.2 Å². The molecule has 148 valence electrons. The molecule has 1 amide bonds. The van der Waals surface area contributed by atoms with Crippen LogP contribution in [0.5, 0.6) is 0 Å². The van der Waals surface area contributed by atoms with Crippen molar-refractivity contribution < 1.29 is 9.18 Å². The van der Waals surface area contributed by atoms with Crippen molar-refractivity contribution in [2.24, 2.45) is 5.92 Å². The van der Waals surface area contributed by atoms with Crippen LogP contribution in [0.1, 0.15) is 48.8 Å². The minimum Gasteiger partial charge on any atom is -0.347 e. The lowest BCUT2D eigenvalue weighted by molar-refractivity contribution is 0.0920. The van der Waals surface area contributed by atoms with E-state index in [1.807, 2.05) is 0 Å². The van der Waals surface area contributed by atoms with Crippen LogP contribution in [0.2, 0.25) is 0 Å². The zero-order valence-corrected chi connectivity index (χ0v) is 16.5. The van der Waals surface area contributed by atoms with Crippen LogP contribution in [-0.4, -0.2) is 40.0 Å². The first kappa shape index (κ1) is 21.3. The van der Waals surface area contributed by atoms with E-state index in [2.05, 4.69) is 34.8 Å². The molecule has 1 aromatic heterocycles. The third-order valence-corrected chi connectivity index (χ3v) is 4.92. The van der Waals surface area contributed by atoms with Crippen LogP contribution in [0.3, 0.4) is 0 Å². The molecule has 1 aliphatic heterocycles. The van der Waals surface area contributed by atoms with Gasteiger partial charge in [0.05, 0.1) is 12.2 Å². The molecule has 0 radical (unpaired) electrons. The van der Waals surface area contributed by atoms with Gasteiger partial charge in [-0.05, 0) is 56.0 Å². The second-order valence-corrected chi connectivity index (χ2v) is 7.22. The van der Waals surface area contributed by atoms with Gasteiger partial charge in [0.1, 0.15) is 5.82 Å². The van der Waals surface area contributed by atoms with Gasteiger partial charge in [-0.2, -0.15) is 0 Å². The quantitative estimate of drug-likeness (QED) is 0.788. The van der Waals surface area contributed by atoms with Crippen molar-refractivity contribution in [2.45, 2.75) is 45.2 Å². The van der Waals surface area contributed by atoms with Crippen LogP contribution in [0.15, 0.2) is 30.5 Å². The summed E-state index contributed by atoms with van der Waals surface area (Å²) in [4.78, 5) is 12.6. The summed E-state index contributed by atoms with van der Waals surface area (Å²) in [5.41, 5.74) is 1.33. The number of aromatic nitrogens is 3. The molecule has 0 bridgehead atoms. The second-order valence-electron chi connectivity index (χ2n) is 7.22. The number of benzene rings is 1. The molecular formula is C19H27ClFN5O. The van der Waals surface area contributed by atoms with Crippen molar-refractivity contribution in [3.05, 3.63) is 47.5 Å². The van der Waals surface area contributed by atoms with E-state index < -0.39 is 0 Å². The maximum absolute atomic E-state index is 13.1. The highest BCUT2D eigenvalue weighted by Gasteiger charge is 2.22. The zero-order chi connectivity index (χ0) is 18.5. The van der Waals surface area contributed by atoms with E-state index in [1.54, 1.807) is 23.0 Å². The van der Waals surface area contributed by atoms with Crippen LogP contribution in [-0.2, 0) is 6.42 Å². The van der Waals surface area contributed by atoms with E-state index in [4.69, 9.17) is 0 Å². The Morgan fingerprint density at radius 3 is 2.59 bits per heavy atom. The highest BCUT2D eigenvalue weighted by atomic mass is 35.5. The number of piperidine rings is 1. The molecule has 2 aromatic rings. The SMILES string of the molecule is CC(C)C(Cc1ccc(F)cc1)NC(=O)c1cn(C2CCNCC2)nn1.Cl. The van der Waals surface area contributed by atoms with Crippen LogP contribution < -0.4 is 10.6 Å². The third-order valence-electron chi connectivity index (χ3n) is 4.92. The molecule has 1 aromatic carbocycles. The van der Waals surface area contributed by atoms with Crippen LogP contribution in [0.4, 0.5) is 4.39 Å². The average Bonchev–Trinajstić information content (AvgIpc) is 3.14. The maximum Gasteiger partial charge on any atom is 0.273 e. The van der Waals surface area contributed by atoms with Gasteiger partial charge >= 0.3 is 0 Å². The number of rotatable bonds is 6. The largest absolute Gasteiger partial charge is 0.347 e. The summed E-state index contributed by atoms with van der Waals surface area (Å²) in [5.74, 6) is -0.233. The van der Waals surface area contributed by atoms with Gasteiger partial charge in [-0.15, -0.1) is 17.5 Å². The normalized spacial score (nSPS) is 16.0. The van der Waals surface area contributed by atoms with Crippen LogP contribution >= 0.6 is 12.4 Å². The van der Waals surface area contributed by atoms with Gasteiger partial charge in [0.25, 0.3) is 5.91 Å². The minimum atomic E-state index is -0.256. The van der Waals surface area contributed by atoms with Crippen molar-refractivity contribution in [1.82, 2.24) is 25.6 Å². The first-order valence-electron chi connectivity index (χ1n) is 9.21. The highest BCUT2D eigenvalue weighted by molar-refractivity contribution is 5.92. The Labute approximate surface area is 165 Å². The van der Waals surface area contributed by atoms with E-state index in [1.165, 1.54) is 12.1 Å². The van der Waals surface area contributed by atoms with E-state index >= 15 is 0 Å². The molecule has 1 unspecified atom stereocenters. The fourth-order valence-corrected chi connectivity index (χ4v) is 3.20. The monoisotopic (exact) mass is 395 g/mol. The van der Waals surface area contributed by atoms with Gasteiger partial charge in [0.15, 0.2) is 5.69 Å². The lowest BCUT2D eigenvalue weighted by Gasteiger charge is -2.22. The Balaban J connectivity index is 0.00000261. The van der Waals surface area contributed by atoms with E-state index in [9.17, 15) is 9.18 Å². The Kier molecular flexibility index (Phi) is 7.74. The molecule has 2 N–H and O–H groups in total. The molecular weight excluding hydrogens is 369 g/mol. The van der Waals surface area contributed by atoms with Crippen molar-refractivity contribution in [2.75, 3.05) is 13.1 Å². The summed E-state index contributed by atoms with van der Waals surface area (Å²) in [6, 6.07) is 6.63. The fraction of sp³-hybridized carbons (Fsp3) is 0.526. The molecule has 1 atom stereocenters. The van der Waals surface area contributed by atoms with Crippen molar-refractivity contribution in [3.8, 4) is 0 Å². The number of amides is 1. The number of hydrogen-bond acceptors (Lipinski definition) is 4. The molecule has 0 saturated carbocycles. The summed E-state index contributed by atoms with van der Waals surface area (Å²) in [6.07, 6.45) is 4.36. The van der Waals surface area contributed by atoms with Crippen molar-refractivity contribution in [3.63, 3.8) is 0 Å². The molecule has 3 rings (SSSR count). The van der Waals surface area contributed by atoms with Crippen molar-refractivity contribution >= 4 is 18.3 Å². The number of carbonyl (C=O) groups is 1. The summed E-state index contributed by atoms with van der Waals surface area (Å²) in [6.45, 7) is 6.03. The van der Waals surface area contributed by atoms with Crippen LogP contribution in [0, 0.1) is 11.7 Å². The highest BCUT2D eigenvalue weighted by Crippen LogP contribution is 2.17. The lowest BCUT2D eigenvalue weighted by atomic mass is 9.96. The van der Waals surface area contributed by atoms with E-state index in [-0.39, 0.29) is 36.1 Å². The Bertz CT molecular complexity index is 728. The van der Waals surface area contributed by atoms with Crippen LogP contribution in [0.25, 0.3) is 0 Å². The fourth-order valence-electron chi connectivity index (χ4n) is 3.20. The number of carbonyl (C=O) groups excluding carboxylic acids is 1. The zero-order valence-electron chi connectivity index (χ0n) is 15.7. The molecule has 0 spiro atoms. The Hall–Kier alpha value is -1.99. The van der Waals surface area contributed by atoms with E-state index in [0.29, 0.717) is 18.2 Å². The molecule has 8 heteroatoms. The van der Waals surface area contributed by atoms with Gasteiger partial charge in [-0.25, -0.2) is 9.07 Å². The number of nitrogens with one attached hydrogen (secondary N) is 2. The summed E-state index contributed by atoms with van der Waals surface area (Å²) in [7, 11) is 0. The van der Waals surface area contributed by atoms with Gasteiger partial charge in [-0.3, -0.25) is 4.79 Å². The third kappa shape index (κ3) is 5.74. The molecule has 27 heavy (non-hydrogen) atoms. The number of nitrogens with zero attached hydrogens (tertiary/aromatic N) is 3. The maximum atomic E-state index is 13.1. The molecule has 1 aliphatic rings. The Morgan fingerprint density at radius 1 is 1.30 bits per heavy atom.